The normalized spacial score (nSPS) is 16.5. The number of pyridine rings is 1. The van der Waals surface area contributed by atoms with E-state index in [1.807, 2.05) is 36.4 Å². The molecule has 4 rings (SSSR count). The first-order valence-corrected chi connectivity index (χ1v) is 10.9. The number of aromatic nitrogens is 2. The molecule has 31 heavy (non-hydrogen) atoms. The van der Waals surface area contributed by atoms with Crippen LogP contribution in [0.4, 0.5) is 5.82 Å². The van der Waals surface area contributed by atoms with Crippen LogP contribution in [0.1, 0.15) is 24.6 Å². The first-order chi connectivity index (χ1) is 15.1. The summed E-state index contributed by atoms with van der Waals surface area (Å²) < 4.78 is 5.64. The molecule has 1 aromatic carbocycles. The molecular weight excluding hydrogens is 412 g/mol. The zero-order valence-corrected chi connectivity index (χ0v) is 18.6. The van der Waals surface area contributed by atoms with Gasteiger partial charge in [-0.2, -0.15) is 0 Å². The van der Waals surface area contributed by atoms with Gasteiger partial charge in [0.1, 0.15) is 17.8 Å². The molecule has 3 aromatic rings. The second-order valence-electron chi connectivity index (χ2n) is 7.59. The molecule has 0 radical (unpaired) electrons. The molecule has 7 nitrogen and oxygen atoms in total. The highest BCUT2D eigenvalue weighted by atomic mass is 35.5. The molecule has 3 heterocycles. The monoisotopic (exact) mass is 438 g/mol. The number of anilines is 1. The quantitative estimate of drug-likeness (QED) is 0.447. The fourth-order valence-corrected chi connectivity index (χ4v) is 3.80. The number of hydrogen-bond donors (Lipinski definition) is 2. The van der Waals surface area contributed by atoms with Crippen molar-refractivity contribution in [3.63, 3.8) is 0 Å². The lowest BCUT2D eigenvalue weighted by molar-refractivity contribution is 0.572. The summed E-state index contributed by atoms with van der Waals surface area (Å²) in [5.74, 6) is 2.21. The van der Waals surface area contributed by atoms with Crippen LogP contribution in [0.3, 0.4) is 0 Å². The summed E-state index contributed by atoms with van der Waals surface area (Å²) >= 11 is 6.30. The standard InChI is InChI=1S/C23H27ClN6O/c1-3-25-23(29-18-10-12-30(14-18)21-20(24)5-4-11-26-21)27-13-19-15-31-22(28-19)17-8-6-16(2)7-9-17/h4-9,11,15,18H,3,10,12-14H2,1-2H3,(H2,25,27,29). The van der Waals surface area contributed by atoms with Crippen LogP contribution < -0.4 is 15.5 Å². The van der Waals surface area contributed by atoms with E-state index in [1.54, 1.807) is 12.5 Å². The van der Waals surface area contributed by atoms with Gasteiger partial charge in [-0.15, -0.1) is 0 Å². The van der Waals surface area contributed by atoms with Crippen LogP contribution >= 0.6 is 11.6 Å². The Labute approximate surface area is 187 Å². The van der Waals surface area contributed by atoms with E-state index in [1.165, 1.54) is 5.56 Å². The number of hydrogen-bond acceptors (Lipinski definition) is 5. The van der Waals surface area contributed by atoms with Crippen molar-refractivity contribution in [2.75, 3.05) is 24.5 Å². The number of benzene rings is 1. The van der Waals surface area contributed by atoms with Gasteiger partial charge in [-0.1, -0.05) is 29.3 Å². The van der Waals surface area contributed by atoms with Crippen LogP contribution in [0.25, 0.3) is 11.5 Å². The number of halogens is 1. The summed E-state index contributed by atoms with van der Waals surface area (Å²) in [4.78, 5) is 15.9. The van der Waals surface area contributed by atoms with E-state index in [0.29, 0.717) is 17.5 Å². The van der Waals surface area contributed by atoms with Gasteiger partial charge in [0.2, 0.25) is 5.89 Å². The SMILES string of the molecule is CCNC(=NCc1coc(-c2ccc(C)cc2)n1)NC1CCN(c2ncccc2Cl)C1. The van der Waals surface area contributed by atoms with Gasteiger partial charge in [-0.05, 0) is 44.5 Å². The summed E-state index contributed by atoms with van der Waals surface area (Å²) in [5, 5.41) is 7.51. The Hall–Kier alpha value is -3.06. The minimum atomic E-state index is 0.260. The van der Waals surface area contributed by atoms with Crippen molar-refractivity contribution in [1.82, 2.24) is 20.6 Å². The summed E-state index contributed by atoms with van der Waals surface area (Å²) in [6.45, 7) is 7.05. The molecule has 1 fully saturated rings. The van der Waals surface area contributed by atoms with E-state index < -0.39 is 0 Å². The third-order valence-electron chi connectivity index (χ3n) is 5.16. The van der Waals surface area contributed by atoms with E-state index in [0.717, 1.165) is 49.1 Å². The van der Waals surface area contributed by atoms with Gasteiger partial charge in [0.25, 0.3) is 0 Å². The van der Waals surface area contributed by atoms with Crippen molar-refractivity contribution in [3.8, 4) is 11.5 Å². The van der Waals surface area contributed by atoms with Crippen LogP contribution in [0.2, 0.25) is 5.02 Å². The number of nitrogens with zero attached hydrogens (tertiary/aromatic N) is 4. The van der Waals surface area contributed by atoms with Crippen molar-refractivity contribution in [1.29, 1.82) is 0 Å². The average Bonchev–Trinajstić information content (AvgIpc) is 3.43. The zero-order chi connectivity index (χ0) is 21.6. The van der Waals surface area contributed by atoms with E-state index in [-0.39, 0.29) is 6.04 Å². The maximum atomic E-state index is 6.30. The van der Waals surface area contributed by atoms with Crippen molar-refractivity contribution in [3.05, 3.63) is 65.1 Å². The van der Waals surface area contributed by atoms with Gasteiger partial charge in [0.15, 0.2) is 5.96 Å². The summed E-state index contributed by atoms with van der Waals surface area (Å²) in [6.07, 6.45) is 4.43. The summed E-state index contributed by atoms with van der Waals surface area (Å²) in [7, 11) is 0. The number of guanidine groups is 1. The second-order valence-corrected chi connectivity index (χ2v) is 8.00. The maximum Gasteiger partial charge on any atom is 0.226 e. The minimum Gasteiger partial charge on any atom is -0.444 e. The Morgan fingerprint density at radius 3 is 2.90 bits per heavy atom. The zero-order valence-electron chi connectivity index (χ0n) is 17.8. The lowest BCUT2D eigenvalue weighted by Gasteiger charge is -2.20. The molecule has 8 heteroatoms. The van der Waals surface area contributed by atoms with Crippen molar-refractivity contribution in [2.45, 2.75) is 32.9 Å². The van der Waals surface area contributed by atoms with Crippen LogP contribution in [-0.4, -0.2) is 41.6 Å². The number of aliphatic imine (C=N–C) groups is 1. The van der Waals surface area contributed by atoms with Crippen LogP contribution in [0.5, 0.6) is 0 Å². The molecule has 0 spiro atoms. The Morgan fingerprint density at radius 1 is 1.29 bits per heavy atom. The third kappa shape index (κ3) is 5.35. The fraction of sp³-hybridized carbons (Fsp3) is 0.348. The molecule has 2 aromatic heterocycles. The molecule has 1 unspecified atom stereocenters. The van der Waals surface area contributed by atoms with Crippen LogP contribution in [0.15, 0.2) is 58.3 Å². The average molecular weight is 439 g/mol. The highest BCUT2D eigenvalue weighted by molar-refractivity contribution is 6.32. The predicted molar refractivity (Wildman–Crippen MR) is 124 cm³/mol. The highest BCUT2D eigenvalue weighted by Gasteiger charge is 2.25. The molecular formula is C23H27ClN6O. The van der Waals surface area contributed by atoms with E-state index in [4.69, 9.17) is 21.0 Å². The molecule has 1 aliphatic rings. The van der Waals surface area contributed by atoms with E-state index >= 15 is 0 Å². The first-order valence-electron chi connectivity index (χ1n) is 10.5. The van der Waals surface area contributed by atoms with Gasteiger partial charge >= 0.3 is 0 Å². The van der Waals surface area contributed by atoms with Gasteiger partial charge in [0, 0.05) is 37.4 Å². The van der Waals surface area contributed by atoms with Crippen molar-refractivity contribution < 1.29 is 4.42 Å². The van der Waals surface area contributed by atoms with Crippen molar-refractivity contribution >= 4 is 23.4 Å². The number of rotatable bonds is 6. The molecule has 162 valence electrons. The molecule has 1 aliphatic heterocycles. The molecule has 1 saturated heterocycles. The number of nitrogens with one attached hydrogen (secondary N) is 2. The minimum absolute atomic E-state index is 0.260. The Balaban J connectivity index is 1.38. The smallest absolute Gasteiger partial charge is 0.226 e. The Kier molecular flexibility index (Phi) is 6.72. The first kappa shape index (κ1) is 21.2. The largest absolute Gasteiger partial charge is 0.444 e. The van der Waals surface area contributed by atoms with E-state index in [9.17, 15) is 0 Å². The van der Waals surface area contributed by atoms with Gasteiger partial charge in [-0.25, -0.2) is 15.0 Å². The van der Waals surface area contributed by atoms with Crippen LogP contribution in [-0.2, 0) is 6.54 Å². The van der Waals surface area contributed by atoms with Crippen LogP contribution in [0, 0.1) is 6.92 Å². The maximum absolute atomic E-state index is 6.30. The lowest BCUT2D eigenvalue weighted by Crippen LogP contribution is -2.44. The number of aryl methyl sites for hydroxylation is 1. The second kappa shape index (κ2) is 9.83. The summed E-state index contributed by atoms with van der Waals surface area (Å²) in [6, 6.07) is 12.1. The third-order valence-corrected chi connectivity index (χ3v) is 5.46. The Bertz CT molecular complexity index is 1030. The molecule has 2 N–H and O–H groups in total. The van der Waals surface area contributed by atoms with Crippen molar-refractivity contribution in [2.24, 2.45) is 4.99 Å². The van der Waals surface area contributed by atoms with Gasteiger partial charge in [0.05, 0.1) is 11.6 Å². The molecule has 1 atom stereocenters. The fourth-order valence-electron chi connectivity index (χ4n) is 3.56. The summed E-state index contributed by atoms with van der Waals surface area (Å²) in [5.41, 5.74) is 2.96. The van der Waals surface area contributed by atoms with E-state index in [2.05, 4.69) is 39.3 Å². The molecule has 0 saturated carbocycles. The molecule has 0 amide bonds. The lowest BCUT2D eigenvalue weighted by atomic mass is 10.1. The molecule has 0 aliphatic carbocycles. The number of oxazole rings is 1. The van der Waals surface area contributed by atoms with Gasteiger partial charge < -0.3 is 20.0 Å². The predicted octanol–water partition coefficient (Wildman–Crippen LogP) is 4.03. The van der Waals surface area contributed by atoms with Gasteiger partial charge in [-0.3, -0.25) is 0 Å². The molecule has 0 bridgehead atoms. The highest BCUT2D eigenvalue weighted by Crippen LogP contribution is 2.25. The Morgan fingerprint density at radius 2 is 2.13 bits per heavy atom. The topological polar surface area (TPSA) is 78.6 Å².